The molecule has 1 nitrogen and oxygen atoms in total. The van der Waals surface area contributed by atoms with Crippen molar-refractivity contribution in [2.45, 2.75) is 0 Å². The molecule has 17 heavy (non-hydrogen) atoms. The third kappa shape index (κ3) is 3.36. The van der Waals surface area contributed by atoms with Gasteiger partial charge < -0.3 is 4.74 Å². The highest BCUT2D eigenvalue weighted by atomic mass is 35.5. The van der Waals surface area contributed by atoms with Crippen molar-refractivity contribution in [3.05, 3.63) is 64.7 Å². The predicted molar refractivity (Wildman–Crippen MR) is 73.4 cm³/mol. The van der Waals surface area contributed by atoms with Gasteiger partial charge in [-0.25, -0.2) is 0 Å². The Bertz CT molecular complexity index is 532. The molecule has 2 heteroatoms. The average Bonchev–Trinajstić information content (AvgIpc) is 2.37. The highest BCUT2D eigenvalue weighted by Gasteiger charge is 1.92. The molecule has 0 aromatic heterocycles. The summed E-state index contributed by atoms with van der Waals surface area (Å²) in [4.78, 5) is 0. The second-order valence-electron chi connectivity index (χ2n) is 3.66. The highest BCUT2D eigenvalue weighted by Crippen LogP contribution is 2.16. The molecule has 0 heterocycles. The van der Waals surface area contributed by atoms with Crippen LogP contribution in [0, 0.1) is 0 Å². The Kier molecular flexibility index (Phi) is 3.84. The zero-order chi connectivity index (χ0) is 12.1. The Hall–Kier alpha value is -1.73. The Labute approximate surface area is 106 Å². The molecule has 0 atom stereocenters. The minimum absolute atomic E-state index is 0.748. The number of hydrogen-bond donors (Lipinski definition) is 0. The van der Waals surface area contributed by atoms with Gasteiger partial charge in [-0.1, -0.05) is 48.0 Å². The summed E-state index contributed by atoms with van der Waals surface area (Å²) < 4.78 is 5.17. The maximum absolute atomic E-state index is 5.92. The Morgan fingerprint density at radius 2 is 1.59 bits per heavy atom. The lowest BCUT2D eigenvalue weighted by atomic mass is 10.1. The van der Waals surface area contributed by atoms with E-state index in [2.05, 4.69) is 0 Å². The Morgan fingerprint density at radius 3 is 2.24 bits per heavy atom. The molecule has 0 saturated carbocycles. The number of halogens is 1. The zero-order valence-corrected chi connectivity index (χ0v) is 10.3. The van der Waals surface area contributed by atoms with E-state index in [1.54, 1.807) is 7.11 Å². The van der Waals surface area contributed by atoms with E-state index in [4.69, 9.17) is 16.3 Å². The maximum atomic E-state index is 5.92. The first-order chi connectivity index (χ1) is 8.28. The van der Waals surface area contributed by atoms with Gasteiger partial charge >= 0.3 is 0 Å². The lowest BCUT2D eigenvalue weighted by Gasteiger charge is -2.00. The molecule has 2 rings (SSSR count). The average molecular weight is 245 g/mol. The Balaban J connectivity index is 2.19. The van der Waals surface area contributed by atoms with E-state index < -0.39 is 0 Å². The van der Waals surface area contributed by atoms with Crippen LogP contribution >= 0.6 is 11.6 Å². The van der Waals surface area contributed by atoms with Crippen molar-refractivity contribution in [1.82, 2.24) is 0 Å². The van der Waals surface area contributed by atoms with Gasteiger partial charge in [0.05, 0.1) is 7.11 Å². The van der Waals surface area contributed by atoms with E-state index in [0.717, 1.165) is 21.9 Å². The lowest BCUT2D eigenvalue weighted by Crippen LogP contribution is -1.82. The summed E-state index contributed by atoms with van der Waals surface area (Å²) in [7, 11) is 1.67. The van der Waals surface area contributed by atoms with Crippen LogP contribution in [0.3, 0.4) is 0 Å². The molecule has 2 aromatic rings. The number of benzene rings is 2. The lowest BCUT2D eigenvalue weighted by molar-refractivity contribution is 0.414. The second-order valence-corrected chi connectivity index (χ2v) is 4.10. The van der Waals surface area contributed by atoms with Gasteiger partial charge in [0.15, 0.2) is 0 Å². The molecule has 0 unspecified atom stereocenters. The van der Waals surface area contributed by atoms with Gasteiger partial charge in [0, 0.05) is 5.02 Å². The number of hydrogen-bond acceptors (Lipinski definition) is 1. The fourth-order valence-corrected chi connectivity index (χ4v) is 1.75. The van der Waals surface area contributed by atoms with Gasteiger partial charge in [0.25, 0.3) is 0 Å². The van der Waals surface area contributed by atoms with E-state index in [1.165, 1.54) is 0 Å². The van der Waals surface area contributed by atoms with Crippen molar-refractivity contribution in [1.29, 1.82) is 0 Å². The number of rotatable bonds is 3. The maximum Gasteiger partial charge on any atom is 0.119 e. The molecule has 0 aliphatic rings. The van der Waals surface area contributed by atoms with Gasteiger partial charge in [-0.3, -0.25) is 0 Å². The summed E-state index contributed by atoms with van der Waals surface area (Å²) in [6.07, 6.45) is 4.06. The van der Waals surface area contributed by atoms with E-state index in [9.17, 15) is 0 Å². The van der Waals surface area contributed by atoms with Crippen LogP contribution in [0.2, 0.25) is 5.02 Å². The molecule has 0 fully saturated rings. The monoisotopic (exact) mass is 244 g/mol. The SMILES string of the molecule is COc1cccc(/C=C/c2cccc(Cl)c2)c1. The third-order valence-electron chi connectivity index (χ3n) is 2.41. The summed E-state index contributed by atoms with van der Waals surface area (Å²) in [5, 5.41) is 0.748. The van der Waals surface area contributed by atoms with E-state index in [0.29, 0.717) is 0 Å². The molecule has 0 bridgehead atoms. The standard InChI is InChI=1S/C15H13ClO/c1-17-15-7-3-5-13(11-15)9-8-12-4-2-6-14(16)10-12/h2-11H,1H3/b9-8+. The molecule has 0 radical (unpaired) electrons. The van der Waals surface area contributed by atoms with Gasteiger partial charge in [0.1, 0.15) is 5.75 Å². The van der Waals surface area contributed by atoms with Crippen molar-refractivity contribution in [2.75, 3.05) is 7.11 Å². The number of ether oxygens (including phenoxy) is 1. The quantitative estimate of drug-likeness (QED) is 0.722. The van der Waals surface area contributed by atoms with E-state index in [-0.39, 0.29) is 0 Å². The highest BCUT2D eigenvalue weighted by molar-refractivity contribution is 6.30. The first-order valence-electron chi connectivity index (χ1n) is 5.35. The van der Waals surface area contributed by atoms with Crippen LogP contribution in [0.25, 0.3) is 12.2 Å². The van der Waals surface area contributed by atoms with Gasteiger partial charge in [0.2, 0.25) is 0 Å². The van der Waals surface area contributed by atoms with Crippen molar-refractivity contribution >= 4 is 23.8 Å². The minimum Gasteiger partial charge on any atom is -0.497 e. The predicted octanol–water partition coefficient (Wildman–Crippen LogP) is 4.52. The molecule has 0 aliphatic heterocycles. The summed E-state index contributed by atoms with van der Waals surface area (Å²) in [5.74, 6) is 0.859. The smallest absolute Gasteiger partial charge is 0.119 e. The van der Waals surface area contributed by atoms with Gasteiger partial charge in [-0.2, -0.15) is 0 Å². The zero-order valence-electron chi connectivity index (χ0n) is 9.56. The molecule has 0 spiro atoms. The van der Waals surface area contributed by atoms with E-state index >= 15 is 0 Å². The van der Waals surface area contributed by atoms with Crippen molar-refractivity contribution in [3.8, 4) is 5.75 Å². The Morgan fingerprint density at radius 1 is 0.941 bits per heavy atom. The van der Waals surface area contributed by atoms with Crippen LogP contribution < -0.4 is 4.74 Å². The fourth-order valence-electron chi connectivity index (χ4n) is 1.55. The van der Waals surface area contributed by atoms with Crippen molar-refractivity contribution in [2.24, 2.45) is 0 Å². The first-order valence-corrected chi connectivity index (χ1v) is 5.73. The fraction of sp³-hybridized carbons (Fsp3) is 0.0667. The number of methoxy groups -OCH3 is 1. The van der Waals surface area contributed by atoms with Crippen LogP contribution in [-0.4, -0.2) is 7.11 Å². The normalized spacial score (nSPS) is 10.7. The summed E-state index contributed by atoms with van der Waals surface area (Å²) in [6.45, 7) is 0. The van der Waals surface area contributed by atoms with Crippen molar-refractivity contribution < 1.29 is 4.74 Å². The largest absolute Gasteiger partial charge is 0.497 e. The molecular weight excluding hydrogens is 232 g/mol. The topological polar surface area (TPSA) is 9.23 Å². The van der Waals surface area contributed by atoms with Gasteiger partial charge in [-0.15, -0.1) is 0 Å². The molecule has 86 valence electrons. The molecule has 0 amide bonds. The third-order valence-corrected chi connectivity index (χ3v) is 2.65. The van der Waals surface area contributed by atoms with Crippen LogP contribution in [0.4, 0.5) is 0 Å². The van der Waals surface area contributed by atoms with E-state index in [1.807, 2.05) is 60.7 Å². The molecule has 0 N–H and O–H groups in total. The summed E-state index contributed by atoms with van der Waals surface area (Å²) >= 11 is 5.92. The van der Waals surface area contributed by atoms with Crippen LogP contribution in [0.15, 0.2) is 48.5 Å². The van der Waals surface area contributed by atoms with Crippen LogP contribution in [0.5, 0.6) is 5.75 Å². The first kappa shape index (κ1) is 11.7. The molecule has 0 saturated heterocycles. The summed E-state index contributed by atoms with van der Waals surface area (Å²) in [6, 6.07) is 15.7. The van der Waals surface area contributed by atoms with Crippen LogP contribution in [0.1, 0.15) is 11.1 Å². The van der Waals surface area contributed by atoms with Crippen LogP contribution in [-0.2, 0) is 0 Å². The summed E-state index contributed by atoms with van der Waals surface area (Å²) in [5.41, 5.74) is 2.18. The van der Waals surface area contributed by atoms with Gasteiger partial charge in [-0.05, 0) is 35.4 Å². The molecule has 2 aromatic carbocycles. The molecular formula is C15H13ClO. The molecule has 0 aliphatic carbocycles. The second kappa shape index (κ2) is 5.55. The minimum atomic E-state index is 0.748. The van der Waals surface area contributed by atoms with Crippen molar-refractivity contribution in [3.63, 3.8) is 0 Å².